The Morgan fingerprint density at radius 1 is 0.412 bits per heavy atom. The number of hydrogen-bond donors (Lipinski definition) is 0. The van der Waals surface area contributed by atoms with Crippen LogP contribution in [0.4, 0.5) is 0 Å². The highest BCUT2D eigenvalue weighted by atomic mass is 32.1. The molecule has 5 heteroatoms. The van der Waals surface area contributed by atoms with Gasteiger partial charge in [-0.2, -0.15) is 0 Å². The lowest BCUT2D eigenvalue weighted by Gasteiger charge is -2.15. The lowest BCUT2D eigenvalue weighted by atomic mass is 9.89. The van der Waals surface area contributed by atoms with Crippen molar-refractivity contribution in [3.63, 3.8) is 0 Å². The van der Waals surface area contributed by atoms with Gasteiger partial charge in [-0.1, -0.05) is 84.9 Å². The summed E-state index contributed by atoms with van der Waals surface area (Å²) in [6, 6.07) is 55.1. The van der Waals surface area contributed by atoms with Crippen molar-refractivity contribution in [1.29, 1.82) is 0 Å². The van der Waals surface area contributed by atoms with Crippen LogP contribution in [0.2, 0.25) is 0 Å². The van der Waals surface area contributed by atoms with Gasteiger partial charge in [0.05, 0.1) is 31.5 Å². The first kappa shape index (κ1) is 28.9. The highest BCUT2D eigenvalue weighted by Gasteiger charge is 2.25. The number of hydrogen-bond acceptors (Lipinski definition) is 4. The van der Waals surface area contributed by atoms with Gasteiger partial charge >= 0.3 is 0 Å². The van der Waals surface area contributed by atoms with E-state index in [1.165, 1.54) is 75.7 Å². The van der Waals surface area contributed by atoms with Gasteiger partial charge in [0, 0.05) is 27.6 Å². The zero-order valence-electron chi connectivity index (χ0n) is 27.5. The molecule has 1 aliphatic carbocycles. The Hall–Kier alpha value is -5.88. The molecule has 0 fully saturated rings. The molecule has 0 N–H and O–H groups in total. The summed E-state index contributed by atoms with van der Waals surface area (Å²) in [7, 11) is 0. The second kappa shape index (κ2) is 11.3. The van der Waals surface area contributed by atoms with Crippen molar-refractivity contribution < 1.29 is 0 Å². The van der Waals surface area contributed by atoms with Crippen LogP contribution in [0.15, 0.2) is 152 Å². The van der Waals surface area contributed by atoms with Crippen LogP contribution >= 0.6 is 22.7 Å². The first-order valence-electron chi connectivity index (χ1n) is 17.4. The quantitative estimate of drug-likeness (QED) is 0.180. The number of benzene rings is 7. The van der Waals surface area contributed by atoms with Crippen molar-refractivity contribution in [3.05, 3.63) is 163 Å². The predicted octanol–water partition coefficient (Wildman–Crippen LogP) is 12.8. The molecule has 0 aliphatic heterocycles. The fourth-order valence-electron chi connectivity index (χ4n) is 7.95. The van der Waals surface area contributed by atoms with Crippen molar-refractivity contribution in [3.8, 4) is 49.1 Å². The Morgan fingerprint density at radius 3 is 1.33 bits per heavy atom. The van der Waals surface area contributed by atoms with Gasteiger partial charge in [0.15, 0.2) is 0 Å². The Morgan fingerprint density at radius 2 is 0.863 bits per heavy atom. The van der Waals surface area contributed by atoms with E-state index in [2.05, 4.69) is 156 Å². The van der Waals surface area contributed by atoms with Crippen LogP contribution in [-0.2, 0) is 12.8 Å². The van der Waals surface area contributed by atoms with E-state index < -0.39 is 0 Å². The molecule has 0 saturated heterocycles. The van der Waals surface area contributed by atoms with E-state index in [4.69, 9.17) is 9.97 Å². The van der Waals surface area contributed by atoms with E-state index >= 15 is 0 Å². The number of thiazole rings is 2. The maximum absolute atomic E-state index is 5.12. The molecular formula is C46H29N3S2. The number of aryl methyl sites for hydroxylation is 2. The van der Waals surface area contributed by atoms with Crippen LogP contribution in [0.1, 0.15) is 11.1 Å². The molecule has 0 bridgehead atoms. The summed E-state index contributed by atoms with van der Waals surface area (Å²) in [5.41, 5.74) is 15.7. The number of rotatable bonds is 5. The fraction of sp³-hybridized carbons (Fsp3) is 0.0435. The van der Waals surface area contributed by atoms with Crippen molar-refractivity contribution in [2.75, 3.05) is 0 Å². The minimum atomic E-state index is 0.990. The van der Waals surface area contributed by atoms with Gasteiger partial charge in [-0.05, 0) is 113 Å². The second-order valence-corrected chi connectivity index (χ2v) is 15.4. The van der Waals surface area contributed by atoms with Crippen molar-refractivity contribution in [1.82, 2.24) is 14.5 Å². The van der Waals surface area contributed by atoms with Gasteiger partial charge in [-0.25, -0.2) is 9.97 Å². The minimum Gasteiger partial charge on any atom is -0.309 e. The second-order valence-electron chi connectivity index (χ2n) is 13.4. The molecule has 0 spiro atoms. The van der Waals surface area contributed by atoms with Crippen LogP contribution < -0.4 is 0 Å². The monoisotopic (exact) mass is 687 g/mol. The molecule has 7 aromatic carbocycles. The molecule has 0 atom stereocenters. The van der Waals surface area contributed by atoms with Crippen LogP contribution in [0.3, 0.4) is 0 Å². The molecule has 0 amide bonds. The summed E-state index contributed by atoms with van der Waals surface area (Å²) < 4.78 is 4.95. The molecule has 0 saturated carbocycles. The number of nitrogens with zero attached hydrogens (tertiary/aromatic N) is 3. The summed E-state index contributed by atoms with van der Waals surface area (Å²) in [4.78, 5) is 10.2. The molecule has 10 aromatic rings. The normalized spacial score (nSPS) is 12.5. The minimum absolute atomic E-state index is 0.990. The molecule has 1 aliphatic rings. The predicted molar refractivity (Wildman–Crippen MR) is 216 cm³/mol. The average Bonchev–Trinajstić information content (AvgIpc) is 3.92. The van der Waals surface area contributed by atoms with Gasteiger partial charge in [-0.15, -0.1) is 22.7 Å². The lowest BCUT2D eigenvalue weighted by molar-refractivity contribution is 0.970. The zero-order chi connectivity index (χ0) is 33.5. The average molecular weight is 688 g/mol. The van der Waals surface area contributed by atoms with Gasteiger partial charge in [0.25, 0.3) is 0 Å². The van der Waals surface area contributed by atoms with Crippen molar-refractivity contribution in [2.45, 2.75) is 12.8 Å². The number of aromatic nitrogens is 3. The van der Waals surface area contributed by atoms with Crippen LogP contribution in [0.5, 0.6) is 0 Å². The highest BCUT2D eigenvalue weighted by Crippen LogP contribution is 2.46. The molecular weight excluding hydrogens is 659 g/mol. The van der Waals surface area contributed by atoms with Crippen LogP contribution in [0, 0.1) is 0 Å². The summed E-state index contributed by atoms with van der Waals surface area (Å²) in [6.45, 7) is 0. The van der Waals surface area contributed by atoms with E-state index in [-0.39, 0.29) is 0 Å². The summed E-state index contributed by atoms with van der Waals surface area (Å²) in [6.07, 6.45) is 1.98. The zero-order valence-corrected chi connectivity index (χ0v) is 29.1. The lowest BCUT2D eigenvalue weighted by Crippen LogP contribution is -1.99. The molecule has 0 unspecified atom stereocenters. The summed E-state index contributed by atoms with van der Waals surface area (Å²) in [5.74, 6) is 0. The Kier molecular flexibility index (Phi) is 6.42. The van der Waals surface area contributed by atoms with E-state index in [0.29, 0.717) is 0 Å². The molecule has 3 aromatic heterocycles. The first-order valence-corrected chi connectivity index (χ1v) is 19.0. The fourth-order valence-corrected chi connectivity index (χ4v) is 9.85. The van der Waals surface area contributed by atoms with E-state index in [1.54, 1.807) is 22.7 Å². The largest absolute Gasteiger partial charge is 0.309 e. The van der Waals surface area contributed by atoms with E-state index in [0.717, 1.165) is 39.6 Å². The molecule has 240 valence electrons. The maximum atomic E-state index is 5.12. The van der Waals surface area contributed by atoms with Crippen molar-refractivity contribution in [2.24, 2.45) is 0 Å². The smallest absolute Gasteiger partial charge is 0.124 e. The van der Waals surface area contributed by atoms with Crippen molar-refractivity contribution >= 4 is 64.9 Å². The Bertz CT molecular complexity index is 2710. The third kappa shape index (κ3) is 4.69. The molecule has 0 radical (unpaired) electrons. The molecule has 51 heavy (non-hydrogen) atoms. The number of para-hydroxylation sites is 2. The maximum Gasteiger partial charge on any atom is 0.124 e. The molecule has 11 rings (SSSR count). The molecule has 3 nitrogen and oxygen atoms in total. The van der Waals surface area contributed by atoms with Gasteiger partial charge < -0.3 is 4.57 Å². The van der Waals surface area contributed by atoms with Gasteiger partial charge in [0.2, 0.25) is 0 Å². The third-order valence-electron chi connectivity index (χ3n) is 10.3. The Balaban J connectivity index is 1.24. The molecule has 3 heterocycles. The van der Waals surface area contributed by atoms with Crippen LogP contribution in [-0.4, -0.2) is 14.5 Å². The third-order valence-corrected chi connectivity index (χ3v) is 12.4. The van der Waals surface area contributed by atoms with Crippen LogP contribution in [0.25, 0.3) is 91.3 Å². The SMILES string of the molecule is c1ccc(-c2cc(-c3ccccc3)cc(-n3c4cc(-c5nc6ccccc6s5)cc5c4c4c(cc(-c6nc7ccccc7s6)cc43)CC5)c2)cc1. The first-order chi connectivity index (χ1) is 25.2. The summed E-state index contributed by atoms with van der Waals surface area (Å²) in [5, 5.41) is 4.85. The standard InChI is InChI=1S/C46H29N3S2/c1-3-11-28(12-4-1)32-23-33(29-13-5-2-6-14-29)25-36(24-32)49-39-26-34(45-47-37-15-7-9-17-41(37)50-45)21-30-19-20-31-22-35(27-40(49)44(31)43(30)39)46-48-38-16-8-10-18-42(38)51-46/h1-18,21-27H,19-20H2. The van der Waals surface area contributed by atoms with Gasteiger partial charge in [-0.3, -0.25) is 0 Å². The van der Waals surface area contributed by atoms with E-state index in [9.17, 15) is 0 Å². The topological polar surface area (TPSA) is 30.7 Å². The van der Waals surface area contributed by atoms with E-state index in [1.807, 2.05) is 0 Å². The number of fused-ring (bicyclic) bond motifs is 2. The van der Waals surface area contributed by atoms with Gasteiger partial charge in [0.1, 0.15) is 10.0 Å². The highest BCUT2D eigenvalue weighted by molar-refractivity contribution is 7.22. The summed E-state index contributed by atoms with van der Waals surface area (Å²) >= 11 is 3.55. The Labute approximate surface area is 302 Å².